The number of nitrogens with one attached hydrogen (secondary N) is 1. The number of halogens is 1. The first-order valence-corrected chi connectivity index (χ1v) is 10.2. The number of benzene rings is 2. The first-order chi connectivity index (χ1) is 15.0. The summed E-state index contributed by atoms with van der Waals surface area (Å²) in [5.74, 6) is 0.551. The summed E-state index contributed by atoms with van der Waals surface area (Å²) in [6, 6.07) is 13.4. The standard InChI is InChI=1S/C24H23FN6/c1-15-8-19(25)11-23-20(15)9-16(2)31(23)7-6-26-24-12-21(27-14-28-24)17-4-5-18-13-29-30(3)22(18)10-17/h4-5,8-14H,6-7H2,1-3H3,(H,26,27,28). The number of anilines is 1. The van der Waals surface area contributed by atoms with Gasteiger partial charge < -0.3 is 9.88 Å². The molecule has 2 aromatic carbocycles. The molecule has 5 aromatic rings. The zero-order chi connectivity index (χ0) is 21.5. The van der Waals surface area contributed by atoms with Gasteiger partial charge in [0.2, 0.25) is 0 Å². The zero-order valence-corrected chi connectivity index (χ0v) is 17.7. The minimum absolute atomic E-state index is 0.205. The maximum Gasteiger partial charge on any atom is 0.130 e. The summed E-state index contributed by atoms with van der Waals surface area (Å²) in [7, 11) is 1.93. The van der Waals surface area contributed by atoms with E-state index in [-0.39, 0.29) is 5.82 Å². The van der Waals surface area contributed by atoms with Crippen molar-refractivity contribution < 1.29 is 4.39 Å². The topological polar surface area (TPSA) is 60.6 Å². The average molecular weight is 414 g/mol. The summed E-state index contributed by atoms with van der Waals surface area (Å²) in [5, 5.41) is 9.86. The maximum absolute atomic E-state index is 13.9. The molecular weight excluding hydrogens is 391 g/mol. The van der Waals surface area contributed by atoms with Crippen LogP contribution >= 0.6 is 0 Å². The van der Waals surface area contributed by atoms with Crippen LogP contribution in [-0.4, -0.2) is 30.9 Å². The van der Waals surface area contributed by atoms with Crippen molar-refractivity contribution in [1.82, 2.24) is 24.3 Å². The highest BCUT2D eigenvalue weighted by Gasteiger charge is 2.10. The number of hydrogen-bond donors (Lipinski definition) is 1. The number of nitrogens with zero attached hydrogens (tertiary/aromatic N) is 5. The fourth-order valence-corrected chi connectivity index (χ4v) is 4.13. The first-order valence-electron chi connectivity index (χ1n) is 10.2. The number of fused-ring (bicyclic) bond motifs is 2. The Morgan fingerprint density at radius 1 is 1.00 bits per heavy atom. The molecule has 0 fully saturated rings. The lowest BCUT2D eigenvalue weighted by molar-refractivity contribution is 0.626. The molecule has 0 aliphatic rings. The van der Waals surface area contributed by atoms with Crippen molar-refractivity contribution in [2.45, 2.75) is 20.4 Å². The highest BCUT2D eigenvalue weighted by molar-refractivity contribution is 5.85. The number of aryl methyl sites for hydroxylation is 3. The summed E-state index contributed by atoms with van der Waals surface area (Å²) in [4.78, 5) is 8.79. The van der Waals surface area contributed by atoms with E-state index >= 15 is 0 Å². The molecule has 5 rings (SSSR count). The third-order valence-corrected chi connectivity index (χ3v) is 5.75. The van der Waals surface area contributed by atoms with Crippen LogP contribution in [0.2, 0.25) is 0 Å². The second-order valence-corrected chi connectivity index (χ2v) is 7.85. The second kappa shape index (κ2) is 7.50. The van der Waals surface area contributed by atoms with E-state index in [4.69, 9.17) is 0 Å². The maximum atomic E-state index is 13.9. The second-order valence-electron chi connectivity index (χ2n) is 7.85. The van der Waals surface area contributed by atoms with Gasteiger partial charge >= 0.3 is 0 Å². The van der Waals surface area contributed by atoms with Crippen LogP contribution < -0.4 is 5.32 Å². The van der Waals surface area contributed by atoms with Gasteiger partial charge in [0.1, 0.15) is 18.0 Å². The molecule has 6 nitrogen and oxygen atoms in total. The van der Waals surface area contributed by atoms with Crippen molar-refractivity contribution in [2.24, 2.45) is 7.05 Å². The van der Waals surface area contributed by atoms with E-state index in [1.165, 1.54) is 0 Å². The summed E-state index contributed by atoms with van der Waals surface area (Å²) in [5.41, 5.74) is 5.91. The van der Waals surface area contributed by atoms with E-state index in [0.29, 0.717) is 13.1 Å². The predicted octanol–water partition coefficient (Wildman–Crippen LogP) is 4.85. The third-order valence-electron chi connectivity index (χ3n) is 5.75. The van der Waals surface area contributed by atoms with E-state index in [0.717, 1.165) is 50.1 Å². The Bertz CT molecular complexity index is 1410. The van der Waals surface area contributed by atoms with Gasteiger partial charge in [-0.25, -0.2) is 14.4 Å². The number of hydrogen-bond acceptors (Lipinski definition) is 4. The van der Waals surface area contributed by atoms with Crippen LogP contribution in [0.4, 0.5) is 10.2 Å². The number of rotatable bonds is 5. The molecule has 0 bridgehead atoms. The Kier molecular flexibility index (Phi) is 4.66. The van der Waals surface area contributed by atoms with E-state index in [1.807, 2.05) is 43.0 Å². The first kappa shape index (κ1) is 19.2. The van der Waals surface area contributed by atoms with Crippen molar-refractivity contribution in [3.05, 3.63) is 72.1 Å². The van der Waals surface area contributed by atoms with Crippen molar-refractivity contribution in [1.29, 1.82) is 0 Å². The molecule has 0 aliphatic carbocycles. The van der Waals surface area contributed by atoms with Crippen LogP contribution in [0.5, 0.6) is 0 Å². The van der Waals surface area contributed by atoms with Crippen LogP contribution in [0.3, 0.4) is 0 Å². The molecule has 156 valence electrons. The molecule has 0 saturated carbocycles. The van der Waals surface area contributed by atoms with Crippen LogP contribution in [-0.2, 0) is 13.6 Å². The summed E-state index contributed by atoms with van der Waals surface area (Å²) >= 11 is 0. The van der Waals surface area contributed by atoms with Crippen LogP contribution in [0.1, 0.15) is 11.3 Å². The zero-order valence-electron chi connectivity index (χ0n) is 17.7. The normalized spacial score (nSPS) is 11.5. The van der Waals surface area contributed by atoms with Gasteiger partial charge in [-0.05, 0) is 43.7 Å². The molecule has 0 atom stereocenters. The van der Waals surface area contributed by atoms with E-state index in [9.17, 15) is 4.39 Å². The molecule has 0 radical (unpaired) electrons. The summed E-state index contributed by atoms with van der Waals surface area (Å²) < 4.78 is 17.9. The van der Waals surface area contributed by atoms with E-state index in [2.05, 4.69) is 44.0 Å². The quantitative estimate of drug-likeness (QED) is 0.446. The van der Waals surface area contributed by atoms with Crippen molar-refractivity contribution >= 4 is 27.6 Å². The van der Waals surface area contributed by atoms with Gasteiger partial charge in [-0.2, -0.15) is 5.10 Å². The number of aromatic nitrogens is 5. The lowest BCUT2D eigenvalue weighted by Gasteiger charge is -2.11. The molecular formula is C24H23FN6. The third kappa shape index (κ3) is 3.52. The lowest BCUT2D eigenvalue weighted by atomic mass is 10.1. The fraction of sp³-hybridized carbons (Fsp3) is 0.208. The van der Waals surface area contributed by atoms with Crippen LogP contribution in [0.25, 0.3) is 33.1 Å². The van der Waals surface area contributed by atoms with Crippen molar-refractivity contribution in [3.8, 4) is 11.3 Å². The van der Waals surface area contributed by atoms with Gasteiger partial charge in [0.25, 0.3) is 0 Å². The highest BCUT2D eigenvalue weighted by Crippen LogP contribution is 2.25. The predicted molar refractivity (Wildman–Crippen MR) is 122 cm³/mol. The molecule has 0 saturated heterocycles. The minimum atomic E-state index is -0.205. The van der Waals surface area contributed by atoms with E-state index in [1.54, 1.807) is 18.5 Å². The van der Waals surface area contributed by atoms with Gasteiger partial charge in [0, 0.05) is 48.2 Å². The molecule has 7 heteroatoms. The Morgan fingerprint density at radius 2 is 1.87 bits per heavy atom. The van der Waals surface area contributed by atoms with Crippen molar-refractivity contribution in [2.75, 3.05) is 11.9 Å². The monoisotopic (exact) mass is 414 g/mol. The molecule has 3 heterocycles. The molecule has 0 unspecified atom stereocenters. The lowest BCUT2D eigenvalue weighted by Crippen LogP contribution is -2.12. The smallest absolute Gasteiger partial charge is 0.130 e. The summed E-state index contributed by atoms with van der Waals surface area (Å²) in [6.45, 7) is 5.36. The average Bonchev–Trinajstić information content (AvgIpc) is 3.28. The highest BCUT2D eigenvalue weighted by atomic mass is 19.1. The molecule has 0 amide bonds. The fourth-order valence-electron chi connectivity index (χ4n) is 4.13. The summed E-state index contributed by atoms with van der Waals surface area (Å²) in [6.07, 6.45) is 3.42. The van der Waals surface area contributed by atoms with Gasteiger partial charge in [0.05, 0.1) is 22.9 Å². The van der Waals surface area contributed by atoms with E-state index < -0.39 is 0 Å². The van der Waals surface area contributed by atoms with Gasteiger partial charge in [-0.3, -0.25) is 4.68 Å². The Hall–Kier alpha value is -3.74. The SMILES string of the molecule is Cc1cc(F)cc2c1cc(C)n2CCNc1cc(-c2ccc3cnn(C)c3c2)ncn1. The molecule has 0 spiro atoms. The Morgan fingerprint density at radius 3 is 2.74 bits per heavy atom. The largest absolute Gasteiger partial charge is 0.368 e. The van der Waals surface area contributed by atoms with Crippen molar-refractivity contribution in [3.63, 3.8) is 0 Å². The van der Waals surface area contributed by atoms with Gasteiger partial charge in [-0.1, -0.05) is 12.1 Å². The minimum Gasteiger partial charge on any atom is -0.368 e. The molecule has 3 aromatic heterocycles. The Labute approximate surface area is 179 Å². The van der Waals surface area contributed by atoms with Crippen LogP contribution in [0, 0.1) is 19.7 Å². The Balaban J connectivity index is 1.35. The molecule has 1 N–H and O–H groups in total. The molecule has 0 aliphatic heterocycles. The van der Waals surface area contributed by atoms with Gasteiger partial charge in [-0.15, -0.1) is 0 Å². The molecule has 31 heavy (non-hydrogen) atoms. The van der Waals surface area contributed by atoms with Gasteiger partial charge in [0.15, 0.2) is 0 Å². The van der Waals surface area contributed by atoms with Crippen LogP contribution in [0.15, 0.2) is 55.0 Å².